The number of para-hydroxylation sites is 1. The number of aromatic nitrogens is 4. The number of hydrogen-bond donors (Lipinski definition) is 4. The number of aliphatic hydroxyl groups is 1. The highest BCUT2D eigenvalue weighted by atomic mass is 19.1. The summed E-state index contributed by atoms with van der Waals surface area (Å²) in [5.74, 6) is 0.222. The first-order chi connectivity index (χ1) is 18.9. The minimum Gasteiger partial charge on any atom is -0.396 e. The quantitative estimate of drug-likeness (QED) is 0.238. The third-order valence-corrected chi connectivity index (χ3v) is 6.28. The number of H-pyrrole nitrogens is 1. The summed E-state index contributed by atoms with van der Waals surface area (Å²) in [6, 6.07) is 17.3. The minimum atomic E-state index is -0.883. The molecule has 3 heterocycles. The fourth-order valence-electron chi connectivity index (χ4n) is 4.11. The molecule has 4 N–H and O–H groups in total. The summed E-state index contributed by atoms with van der Waals surface area (Å²) in [5.41, 5.74) is 2.31. The first-order valence-electron chi connectivity index (χ1n) is 12.6. The van der Waals surface area contributed by atoms with Crippen LogP contribution in [0.2, 0.25) is 0 Å². The third-order valence-electron chi connectivity index (χ3n) is 6.28. The first kappa shape index (κ1) is 26.4. The van der Waals surface area contributed by atoms with Crippen LogP contribution >= 0.6 is 0 Å². The van der Waals surface area contributed by atoms with Gasteiger partial charge in [0.2, 0.25) is 18.1 Å². The van der Waals surface area contributed by atoms with Gasteiger partial charge >= 0.3 is 0 Å². The lowest BCUT2D eigenvalue weighted by atomic mass is 9.91. The number of nitrogens with zero attached hydrogens (tertiary/aromatic N) is 3. The molecule has 2 aromatic heterocycles. The summed E-state index contributed by atoms with van der Waals surface area (Å²) in [5, 5.41) is 14.9. The van der Waals surface area contributed by atoms with Crippen LogP contribution < -0.4 is 10.6 Å². The summed E-state index contributed by atoms with van der Waals surface area (Å²) < 4.78 is 25.6. The molecule has 10 nitrogen and oxygen atoms in total. The molecule has 1 amide bonds. The largest absolute Gasteiger partial charge is 0.396 e. The molecule has 1 saturated heterocycles. The summed E-state index contributed by atoms with van der Waals surface area (Å²) in [6.45, 7) is 2.36. The van der Waals surface area contributed by atoms with E-state index in [0.717, 1.165) is 5.69 Å². The fraction of sp³-hybridized carbons (Fsp3) is 0.286. The number of imidazole rings is 1. The Morgan fingerprint density at radius 1 is 1.10 bits per heavy atom. The van der Waals surface area contributed by atoms with E-state index >= 15 is 0 Å². The molecule has 0 atom stereocenters. The molecular formula is C28H29FN6O4. The molecule has 0 unspecified atom stereocenters. The predicted octanol–water partition coefficient (Wildman–Crippen LogP) is 3.97. The molecule has 1 fully saturated rings. The van der Waals surface area contributed by atoms with Crippen molar-refractivity contribution in [2.75, 3.05) is 31.7 Å². The zero-order valence-electron chi connectivity index (χ0n) is 21.4. The van der Waals surface area contributed by atoms with Gasteiger partial charge in [0, 0.05) is 30.6 Å². The van der Waals surface area contributed by atoms with E-state index in [1.165, 1.54) is 12.1 Å². The molecule has 5 rings (SSSR count). The lowest BCUT2D eigenvalue weighted by Gasteiger charge is -2.35. The second-order valence-electron chi connectivity index (χ2n) is 9.46. The van der Waals surface area contributed by atoms with Gasteiger partial charge in [0.1, 0.15) is 5.82 Å². The lowest BCUT2D eigenvalue weighted by Crippen LogP contribution is -2.48. The number of hydrogen-bond acceptors (Lipinski definition) is 8. The average Bonchev–Trinajstić information content (AvgIpc) is 3.40. The molecule has 39 heavy (non-hydrogen) atoms. The number of carbonyl (C=O) groups excluding carboxylic acids is 1. The molecule has 0 spiro atoms. The van der Waals surface area contributed by atoms with Gasteiger partial charge in [0.25, 0.3) is 0 Å². The summed E-state index contributed by atoms with van der Waals surface area (Å²) in [7, 11) is 0. The van der Waals surface area contributed by atoms with Crippen molar-refractivity contribution in [2.45, 2.75) is 19.6 Å². The number of carbonyl (C=O) groups is 1. The lowest BCUT2D eigenvalue weighted by molar-refractivity contribution is -0.231. The average molecular weight is 533 g/mol. The molecule has 0 aliphatic carbocycles. The molecule has 1 aliphatic rings. The van der Waals surface area contributed by atoms with Crippen LogP contribution in [0.4, 0.5) is 16.0 Å². The monoisotopic (exact) mass is 532 g/mol. The number of halogens is 1. The number of rotatable bonds is 9. The van der Waals surface area contributed by atoms with E-state index in [9.17, 15) is 9.18 Å². The number of aliphatic hydroxyl groups excluding tert-OH is 1. The highest BCUT2D eigenvalue weighted by molar-refractivity contribution is 5.82. The standard InChI is InChI=1S/C28H29FN6O4/c1-28(26(37)30-13-5-15-36)16-38-25(39-17-28)24-34-22(18-8-10-19(29)11-9-18)23(35-24)21-12-14-31-27(33-21)32-20-6-3-2-4-7-20/h2-4,6-12,14,25,36H,5,13,15-17H2,1H3,(H,30,37)(H,34,35)(H,31,32,33). The van der Waals surface area contributed by atoms with Gasteiger partial charge in [0.05, 0.1) is 35.7 Å². The van der Waals surface area contributed by atoms with E-state index in [-0.39, 0.29) is 31.5 Å². The Bertz CT molecular complexity index is 1410. The van der Waals surface area contributed by atoms with E-state index in [2.05, 4.69) is 25.6 Å². The van der Waals surface area contributed by atoms with Crippen molar-refractivity contribution in [1.29, 1.82) is 0 Å². The van der Waals surface area contributed by atoms with Crippen LogP contribution in [0.3, 0.4) is 0 Å². The van der Waals surface area contributed by atoms with Crippen LogP contribution in [-0.2, 0) is 14.3 Å². The molecule has 1 aliphatic heterocycles. The number of ether oxygens (including phenoxy) is 2. The van der Waals surface area contributed by atoms with Crippen LogP contribution in [0.15, 0.2) is 66.9 Å². The van der Waals surface area contributed by atoms with Gasteiger partial charge in [-0.2, -0.15) is 0 Å². The van der Waals surface area contributed by atoms with E-state index in [1.807, 2.05) is 30.3 Å². The predicted molar refractivity (Wildman–Crippen MR) is 142 cm³/mol. The van der Waals surface area contributed by atoms with Crippen molar-refractivity contribution in [3.63, 3.8) is 0 Å². The Balaban J connectivity index is 1.41. The fourth-order valence-corrected chi connectivity index (χ4v) is 4.11. The smallest absolute Gasteiger partial charge is 0.230 e. The molecular weight excluding hydrogens is 503 g/mol. The molecule has 2 aromatic carbocycles. The van der Waals surface area contributed by atoms with Gasteiger partial charge in [-0.05, 0) is 55.8 Å². The number of nitrogens with one attached hydrogen (secondary N) is 3. The van der Waals surface area contributed by atoms with Crippen LogP contribution in [0.1, 0.15) is 25.5 Å². The van der Waals surface area contributed by atoms with Crippen molar-refractivity contribution in [1.82, 2.24) is 25.3 Å². The first-order valence-corrected chi connectivity index (χ1v) is 12.6. The van der Waals surface area contributed by atoms with Gasteiger partial charge in [-0.3, -0.25) is 4.79 Å². The van der Waals surface area contributed by atoms with Gasteiger partial charge < -0.3 is 30.2 Å². The molecule has 0 saturated carbocycles. The number of aromatic amines is 1. The highest BCUT2D eigenvalue weighted by Gasteiger charge is 2.40. The minimum absolute atomic E-state index is 0.000566. The molecule has 0 bridgehead atoms. The summed E-state index contributed by atoms with van der Waals surface area (Å²) >= 11 is 0. The summed E-state index contributed by atoms with van der Waals surface area (Å²) in [4.78, 5) is 29.6. The van der Waals surface area contributed by atoms with Crippen LogP contribution in [-0.4, -0.2) is 57.3 Å². The molecule has 202 valence electrons. The zero-order chi connectivity index (χ0) is 27.2. The van der Waals surface area contributed by atoms with Crippen LogP contribution in [0.25, 0.3) is 22.6 Å². The van der Waals surface area contributed by atoms with E-state index in [1.54, 1.807) is 31.3 Å². The van der Waals surface area contributed by atoms with Gasteiger partial charge in [-0.15, -0.1) is 0 Å². The Morgan fingerprint density at radius 3 is 2.56 bits per heavy atom. The van der Waals surface area contributed by atoms with Crippen molar-refractivity contribution in [2.24, 2.45) is 5.41 Å². The molecule has 11 heteroatoms. The van der Waals surface area contributed by atoms with Crippen LogP contribution in [0.5, 0.6) is 0 Å². The summed E-state index contributed by atoms with van der Waals surface area (Å²) in [6.07, 6.45) is 1.26. The second-order valence-corrected chi connectivity index (χ2v) is 9.46. The van der Waals surface area contributed by atoms with Crippen molar-refractivity contribution < 1.29 is 23.8 Å². The van der Waals surface area contributed by atoms with Crippen LogP contribution in [0, 0.1) is 11.2 Å². The Kier molecular flexibility index (Phi) is 7.92. The van der Waals surface area contributed by atoms with Crippen molar-refractivity contribution in [3.05, 3.63) is 78.5 Å². The molecule has 0 radical (unpaired) electrons. The normalized spacial score (nSPS) is 19.0. The van der Waals surface area contributed by atoms with Gasteiger partial charge in [-0.25, -0.2) is 19.3 Å². The van der Waals surface area contributed by atoms with E-state index in [4.69, 9.17) is 19.6 Å². The van der Waals surface area contributed by atoms with E-state index in [0.29, 0.717) is 47.4 Å². The zero-order valence-corrected chi connectivity index (χ0v) is 21.4. The van der Waals surface area contributed by atoms with E-state index < -0.39 is 11.7 Å². The maximum absolute atomic E-state index is 13.7. The number of anilines is 2. The SMILES string of the molecule is CC1(C(=O)NCCCO)COC(c2nc(-c3ccc(F)cc3)c(-c3ccnc(Nc4ccccc4)n3)[nH]2)OC1. The Labute approximate surface area is 224 Å². The van der Waals surface area contributed by atoms with Gasteiger partial charge in [-0.1, -0.05) is 18.2 Å². The highest BCUT2D eigenvalue weighted by Crippen LogP contribution is 2.35. The maximum atomic E-state index is 13.7. The molecule has 4 aromatic rings. The second kappa shape index (κ2) is 11.7. The van der Waals surface area contributed by atoms with Crippen molar-refractivity contribution >= 4 is 17.5 Å². The Morgan fingerprint density at radius 2 is 1.85 bits per heavy atom. The number of amides is 1. The van der Waals surface area contributed by atoms with Gasteiger partial charge in [0.15, 0.2) is 5.82 Å². The third kappa shape index (κ3) is 6.11. The maximum Gasteiger partial charge on any atom is 0.230 e. The van der Waals surface area contributed by atoms with Crippen molar-refractivity contribution in [3.8, 4) is 22.6 Å². The topological polar surface area (TPSA) is 134 Å². The Hall–Kier alpha value is -4.19. The number of benzene rings is 2.